The number of hydrazine groups is 1. The van der Waals surface area contributed by atoms with Crippen LogP contribution in [-0.4, -0.2) is 109 Å². The van der Waals surface area contributed by atoms with E-state index in [0.717, 1.165) is 13.5 Å². The molecule has 2 saturated heterocycles. The highest BCUT2D eigenvalue weighted by Crippen LogP contribution is 2.40. The molecule has 0 aromatic carbocycles. The molecule has 0 aromatic rings. The second-order valence-electron chi connectivity index (χ2n) is 14.2. The van der Waals surface area contributed by atoms with E-state index in [0.29, 0.717) is 19.3 Å². The number of hydrogen-bond acceptors (Lipinski definition) is 14. The molecule has 10 unspecified atom stereocenters. The molecule has 304 valence electrons. The van der Waals surface area contributed by atoms with Crippen molar-refractivity contribution in [2.75, 3.05) is 21.3 Å². The minimum Gasteiger partial charge on any atom is -0.436 e. The Morgan fingerprint density at radius 3 is 2.12 bits per heavy atom. The second-order valence-corrected chi connectivity index (χ2v) is 14.2. The lowest BCUT2D eigenvalue weighted by Crippen LogP contribution is -2.57. The monoisotopic (exact) mass is 739 g/mol. The number of aliphatic hydroxyl groups is 3. The Hall–Kier alpha value is -1.30. The highest BCUT2D eigenvalue weighted by molar-refractivity contribution is 5.82. The van der Waals surface area contributed by atoms with E-state index in [4.69, 9.17) is 44.1 Å². The summed E-state index contributed by atoms with van der Waals surface area (Å²) in [4.78, 5) is 26.4. The molecule has 2 aliphatic heterocycles. The van der Waals surface area contributed by atoms with E-state index in [2.05, 4.69) is 5.43 Å². The average Bonchev–Trinajstić information content (AvgIpc) is 3.12. The Morgan fingerprint density at radius 1 is 1.00 bits per heavy atom. The average molecular weight is 739 g/mol. The Bertz CT molecular complexity index is 978. The third kappa shape index (κ3) is 14.8. The summed E-state index contributed by atoms with van der Waals surface area (Å²) in [6.45, 7) is 20.9. The molecule has 2 aliphatic rings. The summed E-state index contributed by atoms with van der Waals surface area (Å²) in [5, 5.41) is 27.8. The van der Waals surface area contributed by atoms with E-state index in [1.54, 1.807) is 21.1 Å². The Kier molecular flexibility index (Phi) is 23.6. The first-order valence-electron chi connectivity index (χ1n) is 18.7. The fourth-order valence-corrected chi connectivity index (χ4v) is 6.71. The predicted octanol–water partition coefficient (Wildman–Crippen LogP) is 4.20. The van der Waals surface area contributed by atoms with Crippen LogP contribution in [0, 0.1) is 23.7 Å². The summed E-state index contributed by atoms with van der Waals surface area (Å²) in [5.74, 6) is 3.86. The number of esters is 1. The van der Waals surface area contributed by atoms with Crippen LogP contribution < -0.4 is 11.3 Å². The fraction of sp³-hybridized carbons (Fsp3) is 0.946. The molecule has 6 N–H and O–H groups in total. The van der Waals surface area contributed by atoms with E-state index < -0.39 is 60.5 Å². The standard InChI is InChI=1S/C34H64N2O11.C2H6.CH4O/c1-12-19(3)30(39)20(4)17-34(9,42-11)31(46-28-15-24(36-35)14-21(5)43-28)22(6)25(16-27(38)45-26(37)13-2)44-29-18-33(8,41-10)23(7)32(40)47-29;2*1-2/h19-26,28-29,31-32,36-37,40H,12-18,35H2,1-11H3;1-2H3;2H,1H3/t19-,20-,21?,22?,23?,24?,25?,26?,28?,29?,31-,32?,33?,34+;;/m1../s1. The van der Waals surface area contributed by atoms with E-state index in [-0.39, 0.29) is 54.9 Å². The Labute approximate surface area is 307 Å². The first-order valence-corrected chi connectivity index (χ1v) is 18.7. The summed E-state index contributed by atoms with van der Waals surface area (Å²) < 4.78 is 42.6. The van der Waals surface area contributed by atoms with Gasteiger partial charge < -0.3 is 48.5 Å². The molecule has 0 spiro atoms. The number of methoxy groups -OCH3 is 2. The summed E-state index contributed by atoms with van der Waals surface area (Å²) in [5.41, 5.74) is 1.02. The molecule has 2 fully saturated rings. The quantitative estimate of drug-likeness (QED) is 0.0547. The van der Waals surface area contributed by atoms with Crippen LogP contribution in [0.4, 0.5) is 0 Å². The fourth-order valence-electron chi connectivity index (χ4n) is 6.71. The molecule has 51 heavy (non-hydrogen) atoms. The van der Waals surface area contributed by atoms with Crippen LogP contribution in [0.25, 0.3) is 0 Å². The third-order valence-electron chi connectivity index (χ3n) is 10.5. The zero-order valence-corrected chi connectivity index (χ0v) is 34.0. The molecule has 14 atom stereocenters. The van der Waals surface area contributed by atoms with E-state index in [9.17, 15) is 19.8 Å². The van der Waals surface area contributed by atoms with E-state index >= 15 is 0 Å². The van der Waals surface area contributed by atoms with Crippen LogP contribution in [0.5, 0.6) is 0 Å². The molecule has 0 radical (unpaired) electrons. The molecule has 14 heteroatoms. The lowest BCUT2D eigenvalue weighted by molar-refractivity contribution is -0.331. The summed E-state index contributed by atoms with van der Waals surface area (Å²) in [6, 6.07) is -0.0530. The lowest BCUT2D eigenvalue weighted by atomic mass is 9.77. The van der Waals surface area contributed by atoms with Crippen molar-refractivity contribution in [2.45, 2.75) is 182 Å². The number of aliphatic hydroxyl groups excluding tert-OH is 3. The van der Waals surface area contributed by atoms with Crippen LogP contribution in [0.15, 0.2) is 0 Å². The van der Waals surface area contributed by atoms with Crippen molar-refractivity contribution in [3.05, 3.63) is 0 Å². The summed E-state index contributed by atoms with van der Waals surface area (Å²) >= 11 is 0. The van der Waals surface area contributed by atoms with Gasteiger partial charge in [-0.25, -0.2) is 0 Å². The van der Waals surface area contributed by atoms with Gasteiger partial charge in [-0.05, 0) is 40.0 Å². The molecule has 2 rings (SSSR count). The van der Waals surface area contributed by atoms with Crippen molar-refractivity contribution in [2.24, 2.45) is 29.5 Å². The highest BCUT2D eigenvalue weighted by atomic mass is 16.7. The van der Waals surface area contributed by atoms with Gasteiger partial charge in [-0.1, -0.05) is 55.4 Å². The summed E-state index contributed by atoms with van der Waals surface area (Å²) in [6.07, 6.45) is -3.45. The third-order valence-corrected chi connectivity index (χ3v) is 10.5. The summed E-state index contributed by atoms with van der Waals surface area (Å²) in [7, 11) is 4.14. The molecule has 0 aliphatic carbocycles. The van der Waals surface area contributed by atoms with Crippen LogP contribution in [-0.2, 0) is 42.7 Å². The number of rotatable bonds is 19. The topological polar surface area (TPSA) is 197 Å². The normalized spacial score (nSPS) is 31.2. The zero-order valence-electron chi connectivity index (χ0n) is 34.0. The molecular weight excluding hydrogens is 664 g/mol. The van der Waals surface area contributed by atoms with Gasteiger partial charge in [0.15, 0.2) is 25.2 Å². The van der Waals surface area contributed by atoms with E-state index in [1.165, 1.54) is 0 Å². The number of nitrogens with two attached hydrogens (primary N) is 1. The Balaban J connectivity index is 0.00000602. The van der Waals surface area contributed by atoms with Crippen LogP contribution in [0.1, 0.15) is 121 Å². The smallest absolute Gasteiger partial charge is 0.310 e. The molecule has 0 amide bonds. The maximum Gasteiger partial charge on any atom is 0.310 e. The van der Waals surface area contributed by atoms with Crippen molar-refractivity contribution in [3.63, 3.8) is 0 Å². The van der Waals surface area contributed by atoms with Crippen molar-refractivity contribution in [1.29, 1.82) is 0 Å². The molecular formula is C37H74N2O12. The number of nitrogens with one attached hydrogen (secondary N) is 1. The minimum absolute atomic E-state index is 0.0530. The number of carbonyl (C=O) groups excluding carboxylic acids is 2. The number of Topliss-reactive ketones (excluding diaryl/α,β-unsaturated/α-hetero) is 1. The molecule has 0 aromatic heterocycles. The highest BCUT2D eigenvalue weighted by Gasteiger charge is 2.49. The molecule has 0 saturated carbocycles. The van der Waals surface area contributed by atoms with Gasteiger partial charge >= 0.3 is 5.97 Å². The van der Waals surface area contributed by atoms with Crippen molar-refractivity contribution in [1.82, 2.24) is 5.43 Å². The van der Waals surface area contributed by atoms with Gasteiger partial charge in [0.2, 0.25) is 0 Å². The van der Waals surface area contributed by atoms with Crippen molar-refractivity contribution >= 4 is 11.8 Å². The van der Waals surface area contributed by atoms with Gasteiger partial charge in [-0.3, -0.25) is 20.9 Å². The zero-order chi connectivity index (χ0) is 39.7. The maximum absolute atomic E-state index is 13.3. The van der Waals surface area contributed by atoms with Gasteiger partial charge in [0, 0.05) is 70.3 Å². The number of carbonyl (C=O) groups is 2. The van der Waals surface area contributed by atoms with Crippen LogP contribution in [0.2, 0.25) is 0 Å². The van der Waals surface area contributed by atoms with Gasteiger partial charge in [0.25, 0.3) is 0 Å². The lowest BCUT2D eigenvalue weighted by Gasteiger charge is -2.48. The Morgan fingerprint density at radius 2 is 1.61 bits per heavy atom. The molecule has 14 nitrogen and oxygen atoms in total. The number of hydrogen-bond donors (Lipinski definition) is 5. The van der Waals surface area contributed by atoms with E-state index in [1.807, 2.05) is 69.2 Å². The van der Waals surface area contributed by atoms with Gasteiger partial charge in [0.05, 0.1) is 35.9 Å². The first kappa shape index (κ1) is 49.7. The number of ether oxygens (including phenoxy) is 7. The van der Waals surface area contributed by atoms with Gasteiger partial charge in [-0.2, -0.15) is 0 Å². The SMILES string of the molecule is CC.CCC(O)OC(=O)CC(OC1CC(C)(OC)C(C)C(O)O1)C(C)[C@@H](OC1CC(NN)CC(C)O1)[C@](C)(C[C@@H](C)C(=O)[C@H](C)CC)OC.CO. The molecule has 0 bridgehead atoms. The van der Waals surface area contributed by atoms with Gasteiger partial charge in [-0.15, -0.1) is 0 Å². The predicted molar refractivity (Wildman–Crippen MR) is 194 cm³/mol. The second kappa shape index (κ2) is 24.2. The number of ketones is 1. The molecule has 2 heterocycles. The maximum atomic E-state index is 13.3. The first-order chi connectivity index (χ1) is 24.0. The van der Waals surface area contributed by atoms with Crippen molar-refractivity contribution in [3.8, 4) is 0 Å². The minimum atomic E-state index is -1.27. The van der Waals surface area contributed by atoms with Crippen LogP contribution >= 0.6 is 0 Å². The largest absolute Gasteiger partial charge is 0.436 e. The van der Waals surface area contributed by atoms with Crippen LogP contribution in [0.3, 0.4) is 0 Å². The van der Waals surface area contributed by atoms with Crippen molar-refractivity contribution < 1.29 is 58.1 Å². The van der Waals surface area contributed by atoms with Gasteiger partial charge in [0.1, 0.15) is 5.78 Å².